The topological polar surface area (TPSA) is 79.5 Å². The summed E-state index contributed by atoms with van der Waals surface area (Å²) in [6.45, 7) is 10.4. The summed E-state index contributed by atoms with van der Waals surface area (Å²) in [6, 6.07) is 9.60. The molecule has 0 spiro atoms. The van der Waals surface area contributed by atoms with E-state index in [1.54, 1.807) is 0 Å². The van der Waals surface area contributed by atoms with Crippen LogP contribution in [0, 0.1) is 34.6 Å². The first-order chi connectivity index (χ1) is 15.6. The quantitative estimate of drug-likeness (QED) is 0.580. The van der Waals surface area contributed by atoms with Crippen LogP contribution in [-0.4, -0.2) is 37.0 Å². The highest BCUT2D eigenvalue weighted by atomic mass is 32.2. The molecule has 1 saturated heterocycles. The normalized spacial score (nSPS) is 16.7. The standard InChI is InChI=1S/C26H32N2O4S/c1-16-11-19(4)25(20(5)12-16)33(30,31)28(15-22-7-6-10-32-22)14-21-13-23-17(2)8-9-18(3)24(23)27-26(21)29/h8-9,11-13,22H,6-7,10,14-15H2,1-5H3,(H,27,29)/t22-/m0/s1. The Bertz CT molecular complexity index is 1350. The van der Waals surface area contributed by atoms with Crippen molar-refractivity contribution in [2.75, 3.05) is 13.2 Å². The molecule has 0 unspecified atom stereocenters. The van der Waals surface area contributed by atoms with Gasteiger partial charge in [0.25, 0.3) is 5.56 Å². The van der Waals surface area contributed by atoms with E-state index in [9.17, 15) is 13.2 Å². The molecule has 4 rings (SSSR count). The number of hydrogen-bond donors (Lipinski definition) is 1. The third-order valence-electron chi connectivity index (χ3n) is 6.50. The first-order valence-corrected chi connectivity index (χ1v) is 12.8. The highest BCUT2D eigenvalue weighted by Crippen LogP contribution is 2.28. The minimum atomic E-state index is -3.85. The number of benzene rings is 2. The fraction of sp³-hybridized carbons (Fsp3) is 0.423. The van der Waals surface area contributed by atoms with Gasteiger partial charge in [0.2, 0.25) is 10.0 Å². The van der Waals surface area contributed by atoms with E-state index in [0.29, 0.717) is 28.2 Å². The van der Waals surface area contributed by atoms with Gasteiger partial charge in [0.1, 0.15) is 0 Å². The third kappa shape index (κ3) is 4.63. The highest BCUT2D eigenvalue weighted by Gasteiger charge is 2.32. The van der Waals surface area contributed by atoms with Crippen molar-refractivity contribution in [2.24, 2.45) is 0 Å². The number of nitrogens with zero attached hydrogens (tertiary/aromatic N) is 1. The Morgan fingerprint density at radius 3 is 2.30 bits per heavy atom. The minimum Gasteiger partial charge on any atom is -0.377 e. The first-order valence-electron chi connectivity index (χ1n) is 11.4. The Labute approximate surface area is 195 Å². The second-order valence-corrected chi connectivity index (χ2v) is 11.1. The van der Waals surface area contributed by atoms with E-state index >= 15 is 0 Å². The predicted molar refractivity (Wildman–Crippen MR) is 131 cm³/mol. The summed E-state index contributed by atoms with van der Waals surface area (Å²) in [7, 11) is -3.85. The molecule has 0 aliphatic carbocycles. The zero-order valence-corrected chi connectivity index (χ0v) is 20.8. The van der Waals surface area contributed by atoms with Crippen molar-refractivity contribution in [1.82, 2.24) is 9.29 Å². The van der Waals surface area contributed by atoms with Crippen LogP contribution in [0.2, 0.25) is 0 Å². The Hall–Kier alpha value is -2.48. The molecule has 1 atom stereocenters. The average molecular weight is 469 g/mol. The SMILES string of the molecule is Cc1cc(C)c(S(=O)(=O)N(Cc2cc3c(C)ccc(C)c3[nH]c2=O)C[C@@H]2CCCO2)c(C)c1. The lowest BCUT2D eigenvalue weighted by molar-refractivity contribution is 0.0925. The fourth-order valence-electron chi connectivity index (χ4n) is 4.89. The van der Waals surface area contributed by atoms with Crippen LogP contribution < -0.4 is 5.56 Å². The van der Waals surface area contributed by atoms with Crippen molar-refractivity contribution in [1.29, 1.82) is 0 Å². The molecule has 0 amide bonds. The lowest BCUT2D eigenvalue weighted by Crippen LogP contribution is -2.39. The van der Waals surface area contributed by atoms with Gasteiger partial charge in [-0.1, -0.05) is 29.8 Å². The third-order valence-corrected chi connectivity index (χ3v) is 8.62. The largest absolute Gasteiger partial charge is 0.377 e. The monoisotopic (exact) mass is 468 g/mol. The molecule has 33 heavy (non-hydrogen) atoms. The zero-order chi connectivity index (χ0) is 23.9. The van der Waals surface area contributed by atoms with Crippen molar-refractivity contribution >= 4 is 20.9 Å². The van der Waals surface area contributed by atoms with Gasteiger partial charge in [-0.25, -0.2) is 8.42 Å². The molecule has 176 valence electrons. The van der Waals surface area contributed by atoms with E-state index in [0.717, 1.165) is 40.4 Å². The molecule has 3 aromatic rings. The number of rotatable bonds is 6. The summed E-state index contributed by atoms with van der Waals surface area (Å²) >= 11 is 0. The van der Waals surface area contributed by atoms with Gasteiger partial charge in [-0.2, -0.15) is 4.31 Å². The fourth-order valence-corrected chi connectivity index (χ4v) is 6.75. The first kappa shape index (κ1) is 23.7. The molecule has 0 saturated carbocycles. The number of pyridine rings is 1. The molecule has 7 heteroatoms. The Morgan fingerprint density at radius 2 is 1.67 bits per heavy atom. The highest BCUT2D eigenvalue weighted by molar-refractivity contribution is 7.89. The van der Waals surface area contributed by atoms with Crippen LogP contribution in [0.3, 0.4) is 0 Å². The molecule has 6 nitrogen and oxygen atoms in total. The summed E-state index contributed by atoms with van der Waals surface area (Å²) < 4.78 is 35.1. The number of H-pyrrole nitrogens is 1. The molecule has 1 aromatic heterocycles. The molecule has 1 N–H and O–H groups in total. The zero-order valence-electron chi connectivity index (χ0n) is 20.0. The maximum atomic E-state index is 13.9. The smallest absolute Gasteiger partial charge is 0.252 e. The van der Waals surface area contributed by atoms with Crippen LogP contribution in [0.25, 0.3) is 10.9 Å². The molecular formula is C26H32N2O4S. The van der Waals surface area contributed by atoms with Gasteiger partial charge in [0, 0.05) is 30.6 Å². The van der Waals surface area contributed by atoms with Crippen molar-refractivity contribution in [3.8, 4) is 0 Å². The molecular weight excluding hydrogens is 436 g/mol. The second-order valence-electron chi connectivity index (χ2n) is 9.27. The second kappa shape index (κ2) is 9.05. The molecule has 2 aromatic carbocycles. The number of nitrogens with one attached hydrogen (secondary N) is 1. The summed E-state index contributed by atoms with van der Waals surface area (Å²) in [5.74, 6) is 0. The number of ether oxygens (including phenoxy) is 1. The lowest BCUT2D eigenvalue weighted by atomic mass is 10.0. The number of aromatic amines is 1. The van der Waals surface area contributed by atoms with Gasteiger partial charge in [-0.3, -0.25) is 4.79 Å². The molecule has 1 aliphatic rings. The molecule has 1 fully saturated rings. The lowest BCUT2D eigenvalue weighted by Gasteiger charge is -2.26. The number of hydrogen-bond acceptors (Lipinski definition) is 4. The Balaban J connectivity index is 1.81. The van der Waals surface area contributed by atoms with Crippen molar-refractivity contribution in [3.05, 3.63) is 74.1 Å². The van der Waals surface area contributed by atoms with Gasteiger partial charge in [-0.15, -0.1) is 0 Å². The van der Waals surface area contributed by atoms with Gasteiger partial charge >= 0.3 is 0 Å². The van der Waals surface area contributed by atoms with Crippen LogP contribution >= 0.6 is 0 Å². The summed E-state index contributed by atoms with van der Waals surface area (Å²) in [4.78, 5) is 16.3. The van der Waals surface area contributed by atoms with Crippen LogP contribution in [0.5, 0.6) is 0 Å². The Kier molecular flexibility index (Phi) is 6.49. The van der Waals surface area contributed by atoms with E-state index in [1.807, 2.05) is 65.0 Å². The maximum absolute atomic E-state index is 13.9. The molecule has 0 bridgehead atoms. The van der Waals surface area contributed by atoms with E-state index in [2.05, 4.69) is 4.98 Å². The molecule has 1 aliphatic heterocycles. The van der Waals surface area contributed by atoms with Gasteiger partial charge < -0.3 is 9.72 Å². The van der Waals surface area contributed by atoms with Gasteiger partial charge in [0.05, 0.1) is 16.5 Å². The van der Waals surface area contributed by atoms with Crippen molar-refractivity contribution < 1.29 is 13.2 Å². The molecule has 2 heterocycles. The average Bonchev–Trinajstić information content (AvgIpc) is 3.23. The van der Waals surface area contributed by atoms with E-state index in [-0.39, 0.29) is 24.8 Å². The maximum Gasteiger partial charge on any atom is 0.252 e. The Morgan fingerprint density at radius 1 is 1.00 bits per heavy atom. The van der Waals surface area contributed by atoms with Crippen LogP contribution in [0.4, 0.5) is 0 Å². The van der Waals surface area contributed by atoms with E-state index < -0.39 is 10.0 Å². The number of sulfonamides is 1. The molecule has 0 radical (unpaired) electrons. The van der Waals surface area contributed by atoms with Crippen LogP contribution in [0.15, 0.2) is 40.0 Å². The van der Waals surface area contributed by atoms with Crippen molar-refractivity contribution in [3.63, 3.8) is 0 Å². The van der Waals surface area contributed by atoms with E-state index in [1.165, 1.54) is 4.31 Å². The number of aromatic nitrogens is 1. The van der Waals surface area contributed by atoms with Crippen molar-refractivity contribution in [2.45, 2.75) is 65.0 Å². The van der Waals surface area contributed by atoms with Crippen LogP contribution in [-0.2, 0) is 21.3 Å². The number of fused-ring (bicyclic) bond motifs is 1. The van der Waals surface area contributed by atoms with Gasteiger partial charge in [0.15, 0.2) is 0 Å². The number of aryl methyl sites for hydroxylation is 5. The van der Waals surface area contributed by atoms with Gasteiger partial charge in [-0.05, 0) is 75.8 Å². The van der Waals surface area contributed by atoms with Crippen LogP contribution in [0.1, 0.15) is 46.2 Å². The predicted octanol–water partition coefficient (Wildman–Crippen LogP) is 4.44. The minimum absolute atomic E-state index is 0.00634. The summed E-state index contributed by atoms with van der Waals surface area (Å²) in [5.41, 5.74) is 5.42. The van der Waals surface area contributed by atoms with E-state index in [4.69, 9.17) is 4.74 Å². The summed E-state index contributed by atoms with van der Waals surface area (Å²) in [5, 5.41) is 0.932. The summed E-state index contributed by atoms with van der Waals surface area (Å²) in [6.07, 6.45) is 1.55.